The van der Waals surface area contributed by atoms with Gasteiger partial charge in [0.25, 0.3) is 0 Å². The Bertz CT molecular complexity index is 330. The molecule has 0 spiro atoms. The van der Waals surface area contributed by atoms with Gasteiger partial charge in [0.1, 0.15) is 0 Å². The van der Waals surface area contributed by atoms with Crippen molar-refractivity contribution in [3.05, 3.63) is 0 Å². The summed E-state index contributed by atoms with van der Waals surface area (Å²) in [5, 5.41) is 2.97. The fourth-order valence-corrected chi connectivity index (χ4v) is 2.94. The van der Waals surface area contributed by atoms with E-state index in [4.69, 9.17) is 18.0 Å². The number of hydrogen-bond acceptors (Lipinski definition) is 4. The second-order valence-electron chi connectivity index (χ2n) is 5.72. The Labute approximate surface area is 134 Å². The molecule has 0 bridgehead atoms. The predicted octanol–water partition coefficient (Wildman–Crippen LogP) is 0.975. The number of nitrogens with zero attached hydrogens (tertiary/aromatic N) is 2. The van der Waals surface area contributed by atoms with Gasteiger partial charge < -0.3 is 11.1 Å². The summed E-state index contributed by atoms with van der Waals surface area (Å²) < 4.78 is 0. The molecule has 0 aromatic carbocycles. The van der Waals surface area contributed by atoms with Crippen LogP contribution in [0.25, 0.3) is 0 Å². The molecule has 0 saturated carbocycles. The third-order valence-electron chi connectivity index (χ3n) is 3.96. The van der Waals surface area contributed by atoms with E-state index in [1.807, 2.05) is 0 Å². The molecule has 1 aliphatic heterocycles. The molecule has 1 aliphatic rings. The third-order valence-corrected chi connectivity index (χ3v) is 4.23. The van der Waals surface area contributed by atoms with Crippen molar-refractivity contribution in [1.29, 1.82) is 0 Å². The van der Waals surface area contributed by atoms with Crippen LogP contribution in [0.4, 0.5) is 0 Å². The summed E-state index contributed by atoms with van der Waals surface area (Å²) in [5.74, 6) is 0.136. The van der Waals surface area contributed by atoms with Gasteiger partial charge in [-0.1, -0.05) is 38.9 Å². The Kier molecular flexibility index (Phi) is 8.80. The maximum Gasteiger partial charge on any atom is 0.234 e. The number of unbranched alkanes of at least 4 members (excludes halogenated alkanes) is 1. The molecule has 6 heteroatoms. The summed E-state index contributed by atoms with van der Waals surface area (Å²) >= 11 is 5.18. The Hall–Kier alpha value is -0.720. The normalized spacial score (nSPS) is 18.4. The molecular formula is C15H30N4OS. The van der Waals surface area contributed by atoms with Gasteiger partial charge in [-0.15, -0.1) is 0 Å². The Morgan fingerprint density at radius 2 is 1.90 bits per heavy atom. The molecule has 3 N–H and O–H groups in total. The number of hydrogen-bond donors (Lipinski definition) is 2. The Balaban J connectivity index is 2.31. The number of nitrogens with two attached hydrogens (primary N) is 1. The monoisotopic (exact) mass is 314 g/mol. The lowest BCUT2D eigenvalue weighted by atomic mass is 10.1. The first-order valence-corrected chi connectivity index (χ1v) is 8.51. The number of amides is 1. The van der Waals surface area contributed by atoms with Gasteiger partial charge in [0.2, 0.25) is 5.91 Å². The van der Waals surface area contributed by atoms with E-state index in [9.17, 15) is 4.79 Å². The highest BCUT2D eigenvalue weighted by Gasteiger charge is 2.25. The largest absolute Gasteiger partial charge is 0.392 e. The maximum atomic E-state index is 11.8. The number of carbonyl (C=O) groups is 1. The van der Waals surface area contributed by atoms with Gasteiger partial charge in [-0.05, 0) is 12.8 Å². The highest BCUT2D eigenvalue weighted by Crippen LogP contribution is 2.11. The van der Waals surface area contributed by atoms with E-state index in [0.717, 1.165) is 58.4 Å². The van der Waals surface area contributed by atoms with Gasteiger partial charge in [-0.2, -0.15) is 0 Å². The summed E-state index contributed by atoms with van der Waals surface area (Å²) in [6.07, 6.45) is 4.26. The van der Waals surface area contributed by atoms with Gasteiger partial charge in [0.15, 0.2) is 0 Å². The molecule has 0 aromatic heterocycles. The van der Waals surface area contributed by atoms with E-state index < -0.39 is 0 Å². The molecule has 0 aliphatic carbocycles. The lowest BCUT2D eigenvalue weighted by Gasteiger charge is -2.38. The molecule has 0 aromatic rings. The van der Waals surface area contributed by atoms with Gasteiger partial charge in [0.05, 0.1) is 17.6 Å². The summed E-state index contributed by atoms with van der Waals surface area (Å²) in [6, 6.07) is 0.213. The van der Waals surface area contributed by atoms with Crippen LogP contribution in [0.3, 0.4) is 0 Å². The summed E-state index contributed by atoms with van der Waals surface area (Å²) in [5.41, 5.74) is 5.85. The SMILES string of the molecule is CCCCNC(=O)CN1CCN(C(CCC)C(N)=S)CC1. The molecular weight excluding hydrogens is 284 g/mol. The summed E-state index contributed by atoms with van der Waals surface area (Å²) in [7, 11) is 0. The number of thiocarbonyl (C=S) groups is 1. The van der Waals surface area contributed by atoms with Crippen LogP contribution in [-0.4, -0.2) is 66.0 Å². The Morgan fingerprint density at radius 1 is 1.24 bits per heavy atom. The zero-order valence-electron chi connectivity index (χ0n) is 13.4. The van der Waals surface area contributed by atoms with Crippen LogP contribution in [0.1, 0.15) is 39.5 Å². The fraction of sp³-hybridized carbons (Fsp3) is 0.867. The van der Waals surface area contributed by atoms with E-state index >= 15 is 0 Å². The highest BCUT2D eigenvalue weighted by molar-refractivity contribution is 7.80. The molecule has 0 radical (unpaired) electrons. The van der Waals surface area contributed by atoms with Crippen LogP contribution in [0.15, 0.2) is 0 Å². The van der Waals surface area contributed by atoms with Gasteiger partial charge in [-0.3, -0.25) is 14.6 Å². The minimum atomic E-state index is 0.136. The smallest absolute Gasteiger partial charge is 0.234 e. The molecule has 1 saturated heterocycles. The van der Waals surface area contributed by atoms with Crippen molar-refractivity contribution in [2.45, 2.75) is 45.6 Å². The first-order valence-electron chi connectivity index (χ1n) is 8.10. The van der Waals surface area contributed by atoms with Crippen molar-refractivity contribution in [3.8, 4) is 0 Å². The van der Waals surface area contributed by atoms with Crippen LogP contribution < -0.4 is 11.1 Å². The molecule has 1 amide bonds. The quantitative estimate of drug-likeness (QED) is 0.491. The highest BCUT2D eigenvalue weighted by atomic mass is 32.1. The van der Waals surface area contributed by atoms with Crippen molar-refractivity contribution >= 4 is 23.1 Å². The molecule has 1 fully saturated rings. The van der Waals surface area contributed by atoms with E-state index in [-0.39, 0.29) is 11.9 Å². The Morgan fingerprint density at radius 3 is 2.43 bits per heavy atom. The second kappa shape index (κ2) is 10.1. The predicted molar refractivity (Wildman–Crippen MR) is 91.4 cm³/mol. The minimum absolute atomic E-state index is 0.136. The molecule has 122 valence electrons. The lowest BCUT2D eigenvalue weighted by Crippen LogP contribution is -2.55. The van der Waals surface area contributed by atoms with E-state index in [2.05, 4.69) is 29.0 Å². The first kappa shape index (κ1) is 18.3. The fourth-order valence-electron chi connectivity index (χ4n) is 2.67. The van der Waals surface area contributed by atoms with Crippen LogP contribution in [0, 0.1) is 0 Å². The second-order valence-corrected chi connectivity index (χ2v) is 6.19. The van der Waals surface area contributed by atoms with Crippen molar-refractivity contribution in [2.24, 2.45) is 5.73 Å². The lowest BCUT2D eigenvalue weighted by molar-refractivity contribution is -0.122. The summed E-state index contributed by atoms with van der Waals surface area (Å²) in [6.45, 7) is 9.25. The standard InChI is InChI=1S/C15H30N4OS/c1-3-5-7-17-14(20)12-18-8-10-19(11-9-18)13(6-4-2)15(16)21/h13H,3-12H2,1-2H3,(H2,16,21)(H,17,20). The van der Waals surface area contributed by atoms with Gasteiger partial charge in [-0.25, -0.2) is 0 Å². The first-order chi connectivity index (χ1) is 10.1. The van der Waals surface area contributed by atoms with Crippen LogP contribution in [0.5, 0.6) is 0 Å². The van der Waals surface area contributed by atoms with Gasteiger partial charge in [0, 0.05) is 32.7 Å². The van der Waals surface area contributed by atoms with E-state index in [0.29, 0.717) is 11.5 Å². The van der Waals surface area contributed by atoms with Crippen LogP contribution >= 0.6 is 12.2 Å². The van der Waals surface area contributed by atoms with Gasteiger partial charge >= 0.3 is 0 Å². The van der Waals surface area contributed by atoms with Crippen LogP contribution in [0.2, 0.25) is 0 Å². The molecule has 1 atom stereocenters. The maximum absolute atomic E-state index is 11.8. The average molecular weight is 314 g/mol. The zero-order valence-corrected chi connectivity index (χ0v) is 14.3. The zero-order chi connectivity index (χ0) is 15.7. The van der Waals surface area contributed by atoms with Crippen molar-refractivity contribution < 1.29 is 4.79 Å². The van der Waals surface area contributed by atoms with Crippen LogP contribution in [-0.2, 0) is 4.79 Å². The molecule has 5 nitrogen and oxygen atoms in total. The molecule has 1 unspecified atom stereocenters. The average Bonchev–Trinajstić information content (AvgIpc) is 2.46. The van der Waals surface area contributed by atoms with Crippen molar-refractivity contribution in [3.63, 3.8) is 0 Å². The third kappa shape index (κ3) is 6.72. The number of rotatable bonds is 9. The molecule has 1 rings (SSSR count). The number of carbonyl (C=O) groups excluding carboxylic acids is 1. The minimum Gasteiger partial charge on any atom is -0.392 e. The topological polar surface area (TPSA) is 61.6 Å². The van der Waals surface area contributed by atoms with Crippen molar-refractivity contribution in [2.75, 3.05) is 39.3 Å². The van der Waals surface area contributed by atoms with E-state index in [1.165, 1.54) is 0 Å². The number of nitrogens with one attached hydrogen (secondary N) is 1. The van der Waals surface area contributed by atoms with E-state index in [1.54, 1.807) is 0 Å². The molecule has 1 heterocycles. The summed E-state index contributed by atoms with van der Waals surface area (Å²) in [4.78, 5) is 17.0. The van der Waals surface area contributed by atoms with Crippen molar-refractivity contribution in [1.82, 2.24) is 15.1 Å². The number of piperazine rings is 1. The molecule has 21 heavy (non-hydrogen) atoms.